The second-order valence-corrected chi connectivity index (χ2v) is 6.63. The molecule has 0 amide bonds. The zero-order valence-electron chi connectivity index (χ0n) is 12.4. The van der Waals surface area contributed by atoms with E-state index in [-0.39, 0.29) is 0 Å². The van der Waals surface area contributed by atoms with Crippen molar-refractivity contribution in [3.63, 3.8) is 0 Å². The highest BCUT2D eigenvalue weighted by molar-refractivity contribution is 4.90. The summed E-state index contributed by atoms with van der Waals surface area (Å²) in [5.41, 5.74) is 0.454. The van der Waals surface area contributed by atoms with Crippen molar-refractivity contribution in [3.8, 4) is 0 Å². The summed E-state index contributed by atoms with van der Waals surface area (Å²) in [6.45, 7) is 10.4. The van der Waals surface area contributed by atoms with Crippen LogP contribution in [0, 0.1) is 11.3 Å². The molecule has 1 saturated carbocycles. The molecule has 0 aromatic rings. The third-order valence-electron chi connectivity index (χ3n) is 4.73. The molecule has 1 aliphatic carbocycles. The maximum Gasteiger partial charge on any atom is 0.0589 e. The Balaban J connectivity index is 1.89. The van der Waals surface area contributed by atoms with Gasteiger partial charge in [0.15, 0.2) is 0 Å². The molecule has 2 atom stereocenters. The second kappa shape index (κ2) is 6.36. The molecule has 2 aliphatic rings. The highest BCUT2D eigenvalue weighted by atomic mass is 16.5. The standard InChI is InChI=1S/C15H30N2O/c1-13(14-5-6-14)17(9-10-18-3)12-15(2)7-4-8-16-11-15/h13-14,16H,4-12H2,1-3H3. The zero-order valence-corrected chi connectivity index (χ0v) is 12.4. The molecular weight excluding hydrogens is 224 g/mol. The van der Waals surface area contributed by atoms with E-state index < -0.39 is 0 Å². The normalized spacial score (nSPS) is 30.7. The van der Waals surface area contributed by atoms with E-state index >= 15 is 0 Å². The van der Waals surface area contributed by atoms with Gasteiger partial charge in [-0.25, -0.2) is 0 Å². The molecule has 0 radical (unpaired) electrons. The number of rotatable bonds is 7. The van der Waals surface area contributed by atoms with Crippen LogP contribution in [0.2, 0.25) is 0 Å². The fraction of sp³-hybridized carbons (Fsp3) is 1.00. The van der Waals surface area contributed by atoms with Crippen LogP contribution in [0.25, 0.3) is 0 Å². The molecule has 1 N–H and O–H groups in total. The Morgan fingerprint density at radius 2 is 2.22 bits per heavy atom. The van der Waals surface area contributed by atoms with E-state index in [4.69, 9.17) is 4.74 Å². The average Bonchev–Trinajstić information content (AvgIpc) is 3.18. The molecule has 2 rings (SSSR count). The van der Waals surface area contributed by atoms with Crippen LogP contribution in [0.1, 0.15) is 39.5 Å². The lowest BCUT2D eigenvalue weighted by molar-refractivity contribution is 0.0667. The van der Waals surface area contributed by atoms with E-state index in [0.717, 1.165) is 25.1 Å². The monoisotopic (exact) mass is 254 g/mol. The minimum absolute atomic E-state index is 0.454. The number of hydrogen-bond donors (Lipinski definition) is 1. The molecule has 2 unspecified atom stereocenters. The van der Waals surface area contributed by atoms with Gasteiger partial charge in [0.2, 0.25) is 0 Å². The van der Waals surface area contributed by atoms with Gasteiger partial charge in [0, 0.05) is 32.8 Å². The molecule has 2 fully saturated rings. The number of methoxy groups -OCH3 is 1. The van der Waals surface area contributed by atoms with Crippen molar-refractivity contribution >= 4 is 0 Å². The van der Waals surface area contributed by atoms with Gasteiger partial charge in [-0.2, -0.15) is 0 Å². The van der Waals surface area contributed by atoms with E-state index in [9.17, 15) is 0 Å². The van der Waals surface area contributed by atoms with Crippen LogP contribution in [-0.2, 0) is 4.74 Å². The SMILES string of the molecule is COCCN(CC1(C)CCCNC1)C(C)C1CC1. The van der Waals surface area contributed by atoms with Gasteiger partial charge in [0.1, 0.15) is 0 Å². The van der Waals surface area contributed by atoms with Gasteiger partial charge in [-0.1, -0.05) is 6.92 Å². The van der Waals surface area contributed by atoms with Gasteiger partial charge in [-0.3, -0.25) is 4.90 Å². The molecule has 0 aromatic carbocycles. The van der Waals surface area contributed by atoms with Gasteiger partial charge < -0.3 is 10.1 Å². The number of piperidine rings is 1. The van der Waals surface area contributed by atoms with Gasteiger partial charge in [0.25, 0.3) is 0 Å². The number of ether oxygens (including phenoxy) is 1. The maximum atomic E-state index is 5.29. The molecule has 1 aliphatic heterocycles. The molecule has 3 heteroatoms. The van der Waals surface area contributed by atoms with Gasteiger partial charge in [-0.05, 0) is 50.5 Å². The highest BCUT2D eigenvalue weighted by Gasteiger charge is 2.36. The summed E-state index contributed by atoms with van der Waals surface area (Å²) >= 11 is 0. The van der Waals surface area contributed by atoms with Crippen LogP contribution in [0.15, 0.2) is 0 Å². The van der Waals surface area contributed by atoms with Crippen molar-refractivity contribution in [3.05, 3.63) is 0 Å². The average molecular weight is 254 g/mol. The quantitative estimate of drug-likeness (QED) is 0.753. The minimum Gasteiger partial charge on any atom is -0.383 e. The van der Waals surface area contributed by atoms with Crippen molar-refractivity contribution < 1.29 is 4.74 Å². The first-order valence-corrected chi connectivity index (χ1v) is 7.58. The summed E-state index contributed by atoms with van der Waals surface area (Å²) in [5, 5.41) is 3.56. The van der Waals surface area contributed by atoms with Crippen molar-refractivity contribution in [1.29, 1.82) is 0 Å². The highest BCUT2D eigenvalue weighted by Crippen LogP contribution is 2.37. The van der Waals surface area contributed by atoms with Crippen LogP contribution < -0.4 is 5.32 Å². The van der Waals surface area contributed by atoms with Crippen LogP contribution in [0.5, 0.6) is 0 Å². The zero-order chi connectivity index (χ0) is 13.0. The molecule has 0 spiro atoms. The Morgan fingerprint density at radius 3 is 2.78 bits per heavy atom. The number of nitrogens with one attached hydrogen (secondary N) is 1. The summed E-state index contributed by atoms with van der Waals surface area (Å²) in [4.78, 5) is 2.67. The molecule has 0 bridgehead atoms. The predicted molar refractivity (Wildman–Crippen MR) is 75.8 cm³/mol. The summed E-state index contributed by atoms with van der Waals surface area (Å²) in [6, 6.07) is 0.735. The molecule has 1 heterocycles. The Kier molecular flexibility index (Phi) is 5.05. The summed E-state index contributed by atoms with van der Waals surface area (Å²) < 4.78 is 5.29. The molecule has 1 saturated heterocycles. The van der Waals surface area contributed by atoms with Crippen LogP contribution >= 0.6 is 0 Å². The molecule has 106 valence electrons. The second-order valence-electron chi connectivity index (χ2n) is 6.63. The maximum absolute atomic E-state index is 5.29. The third-order valence-corrected chi connectivity index (χ3v) is 4.73. The van der Waals surface area contributed by atoms with Gasteiger partial charge in [0.05, 0.1) is 6.61 Å². The van der Waals surface area contributed by atoms with Crippen LogP contribution in [0.3, 0.4) is 0 Å². The largest absolute Gasteiger partial charge is 0.383 e. The number of hydrogen-bond acceptors (Lipinski definition) is 3. The lowest BCUT2D eigenvalue weighted by atomic mass is 9.82. The van der Waals surface area contributed by atoms with Gasteiger partial charge in [-0.15, -0.1) is 0 Å². The van der Waals surface area contributed by atoms with Crippen LogP contribution in [-0.4, -0.2) is 50.8 Å². The Labute approximate surface area is 112 Å². The Hall–Kier alpha value is -0.120. The Morgan fingerprint density at radius 1 is 1.44 bits per heavy atom. The van der Waals surface area contributed by atoms with E-state index in [1.54, 1.807) is 0 Å². The smallest absolute Gasteiger partial charge is 0.0589 e. The summed E-state index contributed by atoms with van der Waals surface area (Å²) in [5.74, 6) is 0.946. The first-order valence-electron chi connectivity index (χ1n) is 7.58. The minimum atomic E-state index is 0.454. The fourth-order valence-electron chi connectivity index (χ4n) is 3.26. The molecule has 3 nitrogen and oxygen atoms in total. The molecule has 0 aromatic heterocycles. The van der Waals surface area contributed by atoms with E-state index in [2.05, 4.69) is 24.1 Å². The van der Waals surface area contributed by atoms with Crippen molar-refractivity contribution in [2.24, 2.45) is 11.3 Å². The predicted octanol–water partition coefficient (Wildman–Crippen LogP) is 2.12. The van der Waals surface area contributed by atoms with E-state index in [1.807, 2.05) is 7.11 Å². The summed E-state index contributed by atoms with van der Waals surface area (Å²) in [6.07, 6.45) is 5.55. The van der Waals surface area contributed by atoms with Crippen LogP contribution in [0.4, 0.5) is 0 Å². The molecule has 18 heavy (non-hydrogen) atoms. The van der Waals surface area contributed by atoms with Crippen molar-refractivity contribution in [1.82, 2.24) is 10.2 Å². The fourth-order valence-corrected chi connectivity index (χ4v) is 3.26. The first-order chi connectivity index (χ1) is 8.64. The lowest BCUT2D eigenvalue weighted by Crippen LogP contribution is -2.49. The van der Waals surface area contributed by atoms with E-state index in [1.165, 1.54) is 45.3 Å². The Bertz CT molecular complexity index is 247. The van der Waals surface area contributed by atoms with Gasteiger partial charge >= 0.3 is 0 Å². The molecular formula is C15H30N2O. The van der Waals surface area contributed by atoms with E-state index in [0.29, 0.717) is 5.41 Å². The first kappa shape index (κ1) is 14.3. The lowest BCUT2D eigenvalue weighted by Gasteiger charge is -2.41. The summed E-state index contributed by atoms with van der Waals surface area (Å²) in [7, 11) is 1.81. The van der Waals surface area contributed by atoms with Crippen molar-refractivity contribution in [2.75, 3.05) is 39.9 Å². The third kappa shape index (κ3) is 3.94. The topological polar surface area (TPSA) is 24.5 Å². The van der Waals surface area contributed by atoms with Crippen molar-refractivity contribution in [2.45, 2.75) is 45.6 Å². The number of nitrogens with zero attached hydrogens (tertiary/aromatic N) is 1.